The quantitative estimate of drug-likeness (QED) is 0.745. The molecule has 3 heterocycles. The maximum atomic E-state index is 12.5. The van der Waals surface area contributed by atoms with Crippen molar-refractivity contribution in [3.8, 4) is 11.3 Å². The highest BCUT2D eigenvalue weighted by Crippen LogP contribution is 2.29. The van der Waals surface area contributed by atoms with Gasteiger partial charge in [-0.05, 0) is 18.2 Å². The Bertz CT molecular complexity index is 953. The average molecular weight is 367 g/mol. The van der Waals surface area contributed by atoms with Crippen LogP contribution >= 0.6 is 0 Å². The summed E-state index contributed by atoms with van der Waals surface area (Å²) in [6, 6.07) is 10.2. The molecule has 4 rings (SSSR count). The summed E-state index contributed by atoms with van der Waals surface area (Å²) in [6.07, 6.45) is 2.05. The lowest BCUT2D eigenvalue weighted by molar-refractivity contribution is 0.0383. The molecular weight excluding hydrogens is 342 g/mol. The molecule has 0 unspecified atom stereocenters. The number of hydrogen-bond acceptors (Lipinski definition) is 4. The number of benzene rings is 1. The molecule has 0 atom stereocenters. The highest BCUT2D eigenvalue weighted by Gasteiger charge is 2.16. The number of nitrogens with zero attached hydrogens (tertiary/aromatic N) is 4. The second-order valence-corrected chi connectivity index (χ2v) is 6.91. The number of carbonyl (C=O) groups is 1. The molecule has 0 radical (unpaired) electrons. The van der Waals surface area contributed by atoms with Crippen molar-refractivity contribution in [1.29, 1.82) is 0 Å². The van der Waals surface area contributed by atoms with Crippen molar-refractivity contribution < 1.29 is 9.53 Å². The van der Waals surface area contributed by atoms with Gasteiger partial charge in [-0.15, -0.1) is 0 Å². The molecule has 1 amide bonds. The van der Waals surface area contributed by atoms with E-state index in [1.165, 1.54) is 0 Å². The first kappa shape index (κ1) is 17.8. The molecular formula is C20H25N5O2. The third kappa shape index (κ3) is 3.61. The van der Waals surface area contributed by atoms with Gasteiger partial charge in [0, 0.05) is 62.9 Å². The molecule has 7 nitrogen and oxygen atoms in total. The molecule has 1 aliphatic heterocycles. The van der Waals surface area contributed by atoms with Gasteiger partial charge in [-0.2, -0.15) is 5.10 Å². The molecule has 1 saturated heterocycles. The van der Waals surface area contributed by atoms with E-state index in [-0.39, 0.29) is 5.91 Å². The average Bonchev–Trinajstić information content (AvgIpc) is 3.26. The summed E-state index contributed by atoms with van der Waals surface area (Å²) in [5.41, 5.74) is 3.62. The van der Waals surface area contributed by atoms with E-state index in [9.17, 15) is 4.79 Å². The molecule has 2 aromatic heterocycles. The van der Waals surface area contributed by atoms with Crippen molar-refractivity contribution in [2.45, 2.75) is 0 Å². The van der Waals surface area contributed by atoms with Crippen LogP contribution < -0.4 is 5.32 Å². The van der Waals surface area contributed by atoms with E-state index in [2.05, 4.69) is 38.1 Å². The van der Waals surface area contributed by atoms with Gasteiger partial charge in [0.05, 0.1) is 18.9 Å². The van der Waals surface area contributed by atoms with Gasteiger partial charge in [-0.1, -0.05) is 12.1 Å². The fourth-order valence-corrected chi connectivity index (χ4v) is 3.60. The fourth-order valence-electron chi connectivity index (χ4n) is 3.60. The van der Waals surface area contributed by atoms with Crippen LogP contribution in [0.1, 0.15) is 10.5 Å². The second kappa shape index (κ2) is 7.54. The minimum Gasteiger partial charge on any atom is -0.379 e. The summed E-state index contributed by atoms with van der Waals surface area (Å²) in [5, 5.41) is 8.56. The van der Waals surface area contributed by atoms with Crippen molar-refractivity contribution in [3.05, 3.63) is 42.2 Å². The van der Waals surface area contributed by atoms with Crippen LogP contribution in [0, 0.1) is 0 Å². The molecule has 142 valence electrons. The normalized spacial score (nSPS) is 15.3. The lowest BCUT2D eigenvalue weighted by Crippen LogP contribution is -2.41. The summed E-state index contributed by atoms with van der Waals surface area (Å²) in [5.74, 6) is -0.134. The maximum absolute atomic E-state index is 12.5. The van der Waals surface area contributed by atoms with Crippen molar-refractivity contribution in [1.82, 2.24) is 24.6 Å². The van der Waals surface area contributed by atoms with Crippen molar-refractivity contribution >= 4 is 16.8 Å². The maximum Gasteiger partial charge on any atom is 0.271 e. The lowest BCUT2D eigenvalue weighted by Gasteiger charge is -2.26. The van der Waals surface area contributed by atoms with E-state index >= 15 is 0 Å². The Labute approximate surface area is 158 Å². The van der Waals surface area contributed by atoms with Crippen molar-refractivity contribution in [2.24, 2.45) is 14.1 Å². The van der Waals surface area contributed by atoms with Gasteiger partial charge in [0.15, 0.2) is 5.69 Å². The van der Waals surface area contributed by atoms with Crippen LogP contribution in [0.15, 0.2) is 36.5 Å². The molecule has 1 N–H and O–H groups in total. The SMILES string of the molecule is Cn1nc(C(=O)NCCN2CCOCC2)cc1-c1cccc2c1ccn2C. The molecule has 3 aromatic rings. The minimum absolute atomic E-state index is 0.134. The summed E-state index contributed by atoms with van der Waals surface area (Å²) >= 11 is 0. The van der Waals surface area contributed by atoms with E-state index in [0.717, 1.165) is 55.0 Å². The highest BCUT2D eigenvalue weighted by molar-refractivity contribution is 5.97. The monoisotopic (exact) mass is 367 g/mol. The predicted octanol–water partition coefficient (Wildman–Crippen LogP) is 1.64. The molecule has 0 bridgehead atoms. The van der Waals surface area contributed by atoms with Crippen molar-refractivity contribution in [3.63, 3.8) is 0 Å². The number of ether oxygens (including phenoxy) is 1. The molecule has 1 aromatic carbocycles. The number of aromatic nitrogens is 3. The minimum atomic E-state index is -0.134. The Morgan fingerprint density at radius 2 is 2.04 bits per heavy atom. The third-order valence-corrected chi connectivity index (χ3v) is 5.13. The second-order valence-electron chi connectivity index (χ2n) is 6.91. The number of fused-ring (bicyclic) bond motifs is 1. The van der Waals surface area contributed by atoms with Crippen molar-refractivity contribution in [2.75, 3.05) is 39.4 Å². The zero-order valence-corrected chi connectivity index (χ0v) is 15.8. The van der Waals surface area contributed by atoms with Crippen LogP contribution in [0.5, 0.6) is 0 Å². The Balaban J connectivity index is 1.48. The van der Waals surface area contributed by atoms with Crippen LogP contribution in [-0.2, 0) is 18.8 Å². The van der Waals surface area contributed by atoms with Crippen LogP contribution in [0.3, 0.4) is 0 Å². The van der Waals surface area contributed by atoms with Crippen LogP contribution in [-0.4, -0.2) is 64.5 Å². The first-order chi connectivity index (χ1) is 13.1. The molecule has 0 spiro atoms. The smallest absolute Gasteiger partial charge is 0.271 e. The predicted molar refractivity (Wildman–Crippen MR) is 105 cm³/mol. The topological polar surface area (TPSA) is 64.3 Å². The molecule has 1 aliphatic rings. The van der Waals surface area contributed by atoms with Gasteiger partial charge < -0.3 is 14.6 Å². The highest BCUT2D eigenvalue weighted by atomic mass is 16.5. The molecule has 0 aliphatic carbocycles. The van der Waals surface area contributed by atoms with Gasteiger partial charge in [-0.3, -0.25) is 14.4 Å². The van der Waals surface area contributed by atoms with Gasteiger partial charge >= 0.3 is 0 Å². The van der Waals surface area contributed by atoms with E-state index in [1.807, 2.05) is 32.4 Å². The number of nitrogens with one attached hydrogen (secondary N) is 1. The Morgan fingerprint density at radius 3 is 2.85 bits per heavy atom. The van der Waals surface area contributed by atoms with E-state index in [1.54, 1.807) is 4.68 Å². The summed E-state index contributed by atoms with van der Waals surface area (Å²) in [7, 11) is 3.91. The number of amides is 1. The number of hydrogen-bond donors (Lipinski definition) is 1. The van der Waals surface area contributed by atoms with Gasteiger partial charge in [0.2, 0.25) is 0 Å². The molecule has 0 saturated carbocycles. The zero-order valence-electron chi connectivity index (χ0n) is 15.8. The Morgan fingerprint density at radius 1 is 1.22 bits per heavy atom. The lowest BCUT2D eigenvalue weighted by atomic mass is 10.1. The first-order valence-corrected chi connectivity index (χ1v) is 9.30. The van der Waals surface area contributed by atoms with E-state index < -0.39 is 0 Å². The first-order valence-electron chi connectivity index (χ1n) is 9.30. The largest absolute Gasteiger partial charge is 0.379 e. The van der Waals surface area contributed by atoms with E-state index in [4.69, 9.17) is 4.74 Å². The third-order valence-electron chi connectivity index (χ3n) is 5.13. The number of aryl methyl sites for hydroxylation is 2. The number of carbonyl (C=O) groups excluding carboxylic acids is 1. The number of morpholine rings is 1. The molecule has 27 heavy (non-hydrogen) atoms. The van der Waals surface area contributed by atoms with Crippen LogP contribution in [0.2, 0.25) is 0 Å². The van der Waals surface area contributed by atoms with E-state index in [0.29, 0.717) is 12.2 Å². The summed E-state index contributed by atoms with van der Waals surface area (Å²) in [6.45, 7) is 4.82. The standard InChI is InChI=1S/C20H25N5O2/c1-23-8-6-16-15(4-3-5-18(16)23)19-14-17(22-24(19)2)20(26)21-7-9-25-10-12-27-13-11-25/h3-6,8,14H,7,9-13H2,1-2H3,(H,21,26). The summed E-state index contributed by atoms with van der Waals surface area (Å²) < 4.78 is 9.21. The summed E-state index contributed by atoms with van der Waals surface area (Å²) in [4.78, 5) is 14.8. The molecule has 1 fully saturated rings. The van der Waals surface area contributed by atoms with Crippen LogP contribution in [0.25, 0.3) is 22.2 Å². The van der Waals surface area contributed by atoms with Gasteiger partial charge in [0.1, 0.15) is 0 Å². The molecule has 7 heteroatoms. The van der Waals surface area contributed by atoms with Gasteiger partial charge in [0.25, 0.3) is 5.91 Å². The van der Waals surface area contributed by atoms with Gasteiger partial charge in [-0.25, -0.2) is 0 Å². The van der Waals surface area contributed by atoms with Crippen LogP contribution in [0.4, 0.5) is 0 Å². The fraction of sp³-hybridized carbons (Fsp3) is 0.400. The Kier molecular flexibility index (Phi) is 4.96. The zero-order chi connectivity index (χ0) is 18.8. The Hall–Kier alpha value is -2.64. The number of rotatable bonds is 5.